The Bertz CT molecular complexity index is 1010. The zero-order valence-corrected chi connectivity index (χ0v) is 20.5. The van der Waals surface area contributed by atoms with Crippen LogP contribution in [0.2, 0.25) is 5.02 Å². The fourth-order valence-electron chi connectivity index (χ4n) is 3.20. The minimum atomic E-state index is -3.90. The summed E-state index contributed by atoms with van der Waals surface area (Å²) in [4.78, 5) is 24.6. The average Bonchev–Trinajstić information content (AvgIpc) is 2.77. The molecule has 2 aromatic rings. The Hall–Kier alpha value is -2.42. The Morgan fingerprint density at radius 1 is 0.970 bits per heavy atom. The number of hydrogen-bond acceptors (Lipinski definition) is 5. The Labute approximate surface area is 200 Å². The fourth-order valence-corrected chi connectivity index (χ4v) is 4.56. The molecule has 2 rings (SSSR count). The largest absolute Gasteiger partial charge is 0.466 e. The van der Waals surface area contributed by atoms with E-state index < -0.39 is 22.0 Å². The number of ether oxygens (including phenoxy) is 1. The summed E-state index contributed by atoms with van der Waals surface area (Å²) >= 11 is 5.86. The van der Waals surface area contributed by atoms with Gasteiger partial charge in [0.25, 0.3) is 0 Å². The minimum absolute atomic E-state index is 0.0431. The number of hydrogen-bond donors (Lipinski definition) is 2. The highest BCUT2D eigenvalue weighted by molar-refractivity contribution is 7.89. The molecule has 2 N–H and O–H groups in total. The summed E-state index contributed by atoms with van der Waals surface area (Å²) in [7, 11) is -3.90. The van der Waals surface area contributed by atoms with Crippen LogP contribution >= 0.6 is 11.6 Å². The number of nitrogens with one attached hydrogen (secondary N) is 2. The standard InChI is InChI=1S/C24H31ClN2O5S/c1-3-5-6-7-8-22(27-33(30,31)21-15-11-19(25)12-16-21)24(29)26-20-13-9-18(10-14-20)17-23(28)32-4-2/h9-16,22,27H,3-8,17H2,1-2H3,(H,26,29)/t22-/m0/s1. The lowest BCUT2D eigenvalue weighted by atomic mass is 10.1. The van der Waals surface area contributed by atoms with Crippen molar-refractivity contribution >= 4 is 39.2 Å². The summed E-state index contributed by atoms with van der Waals surface area (Å²) in [5.74, 6) is -0.764. The van der Waals surface area contributed by atoms with Gasteiger partial charge in [0.1, 0.15) is 6.04 Å². The SMILES string of the molecule is CCCCCC[C@H](NS(=O)(=O)c1ccc(Cl)cc1)C(=O)Nc1ccc(CC(=O)OCC)cc1. The van der Waals surface area contributed by atoms with Gasteiger partial charge < -0.3 is 10.1 Å². The Balaban J connectivity index is 2.09. The smallest absolute Gasteiger partial charge is 0.310 e. The number of halogens is 1. The Kier molecular flexibility index (Phi) is 10.8. The molecule has 0 aliphatic rings. The van der Waals surface area contributed by atoms with Crippen molar-refractivity contribution in [2.45, 2.75) is 63.3 Å². The number of carbonyl (C=O) groups excluding carboxylic acids is 2. The van der Waals surface area contributed by atoms with Crippen molar-refractivity contribution in [2.24, 2.45) is 0 Å². The van der Waals surface area contributed by atoms with Crippen molar-refractivity contribution in [3.63, 3.8) is 0 Å². The quantitative estimate of drug-likeness (QED) is 0.310. The maximum atomic E-state index is 13.0. The van der Waals surface area contributed by atoms with Crippen LogP contribution in [0.25, 0.3) is 0 Å². The van der Waals surface area contributed by atoms with E-state index in [0.717, 1.165) is 24.8 Å². The van der Waals surface area contributed by atoms with E-state index in [0.29, 0.717) is 30.2 Å². The van der Waals surface area contributed by atoms with Gasteiger partial charge in [-0.2, -0.15) is 4.72 Å². The first kappa shape index (κ1) is 26.8. The van der Waals surface area contributed by atoms with Gasteiger partial charge in [-0.3, -0.25) is 9.59 Å². The zero-order chi connectivity index (χ0) is 24.3. The van der Waals surface area contributed by atoms with Crippen molar-refractivity contribution in [1.82, 2.24) is 4.72 Å². The molecule has 0 bridgehead atoms. The van der Waals surface area contributed by atoms with E-state index >= 15 is 0 Å². The third-order valence-corrected chi connectivity index (χ3v) is 6.70. The van der Waals surface area contributed by atoms with Crippen LogP contribution in [-0.4, -0.2) is 32.9 Å². The van der Waals surface area contributed by atoms with E-state index in [1.165, 1.54) is 24.3 Å². The third kappa shape index (κ3) is 9.15. The van der Waals surface area contributed by atoms with Crippen LogP contribution in [0.1, 0.15) is 51.5 Å². The molecule has 180 valence electrons. The lowest BCUT2D eigenvalue weighted by Gasteiger charge is -2.19. The molecule has 2 aromatic carbocycles. The first-order valence-corrected chi connectivity index (χ1v) is 12.9. The molecule has 0 heterocycles. The molecule has 33 heavy (non-hydrogen) atoms. The number of esters is 1. The lowest BCUT2D eigenvalue weighted by Crippen LogP contribution is -2.43. The van der Waals surface area contributed by atoms with Crippen LogP contribution in [-0.2, 0) is 30.8 Å². The highest BCUT2D eigenvalue weighted by Gasteiger charge is 2.25. The second-order valence-electron chi connectivity index (χ2n) is 7.65. The molecule has 0 aliphatic carbocycles. The van der Waals surface area contributed by atoms with Gasteiger partial charge in [-0.25, -0.2) is 8.42 Å². The number of unbranched alkanes of at least 4 members (excludes halogenated alkanes) is 3. The topological polar surface area (TPSA) is 102 Å². The summed E-state index contributed by atoms with van der Waals surface area (Å²) in [6.45, 7) is 4.15. The van der Waals surface area contributed by atoms with E-state index in [2.05, 4.69) is 17.0 Å². The maximum Gasteiger partial charge on any atom is 0.310 e. The van der Waals surface area contributed by atoms with Gasteiger partial charge in [-0.1, -0.05) is 56.3 Å². The number of rotatable bonds is 13. The van der Waals surface area contributed by atoms with Gasteiger partial charge in [0.2, 0.25) is 15.9 Å². The monoisotopic (exact) mass is 494 g/mol. The maximum absolute atomic E-state index is 13.0. The molecule has 7 nitrogen and oxygen atoms in total. The van der Waals surface area contributed by atoms with Gasteiger partial charge in [0.15, 0.2) is 0 Å². The van der Waals surface area contributed by atoms with Gasteiger partial charge >= 0.3 is 5.97 Å². The van der Waals surface area contributed by atoms with E-state index in [1.54, 1.807) is 31.2 Å². The van der Waals surface area contributed by atoms with Gasteiger partial charge in [-0.05, 0) is 55.3 Å². The van der Waals surface area contributed by atoms with Crippen LogP contribution in [0.5, 0.6) is 0 Å². The van der Waals surface area contributed by atoms with E-state index in [-0.39, 0.29) is 17.3 Å². The van der Waals surface area contributed by atoms with Crippen LogP contribution < -0.4 is 10.0 Å². The highest BCUT2D eigenvalue weighted by Crippen LogP contribution is 2.17. The zero-order valence-electron chi connectivity index (χ0n) is 19.0. The molecule has 0 saturated carbocycles. The lowest BCUT2D eigenvalue weighted by molar-refractivity contribution is -0.142. The fraction of sp³-hybridized carbons (Fsp3) is 0.417. The molecular formula is C24H31ClN2O5S. The van der Waals surface area contributed by atoms with E-state index in [4.69, 9.17) is 16.3 Å². The van der Waals surface area contributed by atoms with Gasteiger partial charge in [0.05, 0.1) is 17.9 Å². The molecule has 0 unspecified atom stereocenters. The molecule has 1 atom stereocenters. The second kappa shape index (κ2) is 13.3. The van der Waals surface area contributed by atoms with Gasteiger partial charge in [0, 0.05) is 10.7 Å². The predicted molar refractivity (Wildman–Crippen MR) is 130 cm³/mol. The van der Waals surface area contributed by atoms with Crippen molar-refractivity contribution in [3.8, 4) is 0 Å². The normalized spacial score (nSPS) is 12.2. The molecule has 0 aliphatic heterocycles. The van der Waals surface area contributed by atoms with E-state index in [1.807, 2.05) is 0 Å². The molecule has 9 heteroatoms. The molecular weight excluding hydrogens is 464 g/mol. The average molecular weight is 495 g/mol. The molecule has 1 amide bonds. The third-order valence-electron chi connectivity index (χ3n) is 4.96. The molecule has 0 spiro atoms. The van der Waals surface area contributed by atoms with Crippen molar-refractivity contribution in [1.29, 1.82) is 0 Å². The highest BCUT2D eigenvalue weighted by atomic mass is 35.5. The van der Waals surface area contributed by atoms with Crippen LogP contribution in [0.15, 0.2) is 53.4 Å². The Morgan fingerprint density at radius 2 is 1.64 bits per heavy atom. The summed E-state index contributed by atoms with van der Waals surface area (Å²) in [5, 5.41) is 3.19. The van der Waals surface area contributed by atoms with Gasteiger partial charge in [-0.15, -0.1) is 0 Å². The predicted octanol–water partition coefficient (Wildman–Crippen LogP) is 4.70. The first-order chi connectivity index (χ1) is 15.7. The number of sulfonamides is 1. The summed E-state index contributed by atoms with van der Waals surface area (Å²) < 4.78 is 33.1. The van der Waals surface area contributed by atoms with Crippen molar-refractivity contribution < 1.29 is 22.7 Å². The summed E-state index contributed by atoms with van der Waals surface area (Å²) in [6.07, 6.45) is 4.19. The molecule has 0 radical (unpaired) electrons. The number of amides is 1. The number of anilines is 1. The second-order valence-corrected chi connectivity index (χ2v) is 9.80. The molecule has 0 aromatic heterocycles. The van der Waals surface area contributed by atoms with E-state index in [9.17, 15) is 18.0 Å². The van der Waals surface area contributed by atoms with Crippen LogP contribution in [0.3, 0.4) is 0 Å². The summed E-state index contributed by atoms with van der Waals surface area (Å²) in [5.41, 5.74) is 1.27. The summed E-state index contributed by atoms with van der Waals surface area (Å²) in [6, 6.07) is 11.7. The first-order valence-electron chi connectivity index (χ1n) is 11.1. The molecule has 0 fully saturated rings. The Morgan fingerprint density at radius 3 is 2.24 bits per heavy atom. The van der Waals surface area contributed by atoms with Crippen LogP contribution in [0, 0.1) is 0 Å². The van der Waals surface area contributed by atoms with Crippen molar-refractivity contribution in [2.75, 3.05) is 11.9 Å². The van der Waals surface area contributed by atoms with Crippen molar-refractivity contribution in [3.05, 3.63) is 59.1 Å². The number of benzene rings is 2. The molecule has 0 saturated heterocycles. The number of carbonyl (C=O) groups is 2. The minimum Gasteiger partial charge on any atom is -0.466 e. The van der Waals surface area contributed by atoms with Crippen LogP contribution in [0.4, 0.5) is 5.69 Å².